The average molecular weight is 462 g/mol. The Morgan fingerprint density at radius 2 is 1.56 bits per heavy atom. The van der Waals surface area contributed by atoms with Gasteiger partial charge in [-0.05, 0) is 34.2 Å². The molecule has 1 heterocycles. The monoisotopic (exact) mass is 461 g/mol. The first-order valence-electron chi connectivity index (χ1n) is 11.0. The van der Waals surface area contributed by atoms with E-state index in [1.807, 2.05) is 42.5 Å². The van der Waals surface area contributed by atoms with Crippen molar-refractivity contribution < 1.29 is 14.3 Å². The Hall–Kier alpha value is -3.94. The topological polar surface area (TPSA) is 105 Å². The van der Waals surface area contributed by atoms with Gasteiger partial charge in [-0.25, -0.2) is 9.97 Å². The van der Waals surface area contributed by atoms with E-state index >= 15 is 0 Å². The van der Waals surface area contributed by atoms with Gasteiger partial charge in [0, 0.05) is 26.1 Å². The second-order valence-electron chi connectivity index (χ2n) is 8.99. The van der Waals surface area contributed by atoms with Crippen LogP contribution in [0.3, 0.4) is 0 Å². The number of nitrogens with one attached hydrogen (secondary N) is 3. The number of amides is 2. The van der Waals surface area contributed by atoms with Crippen molar-refractivity contribution in [1.29, 1.82) is 0 Å². The molecule has 1 aromatic heterocycles. The Morgan fingerprint density at radius 3 is 2.18 bits per heavy atom. The predicted molar refractivity (Wildman–Crippen MR) is 133 cm³/mol. The molecule has 0 radical (unpaired) electrons. The molecule has 0 atom stereocenters. The molecule has 3 aromatic rings. The largest absolute Gasteiger partial charge is 0.496 e. The first-order valence-corrected chi connectivity index (χ1v) is 11.0. The highest BCUT2D eigenvalue weighted by Gasteiger charge is 2.19. The summed E-state index contributed by atoms with van der Waals surface area (Å²) in [4.78, 5) is 32.2. The van der Waals surface area contributed by atoms with E-state index in [0.29, 0.717) is 36.0 Å². The van der Waals surface area contributed by atoms with Crippen molar-refractivity contribution in [1.82, 2.24) is 15.3 Å². The van der Waals surface area contributed by atoms with E-state index in [-0.39, 0.29) is 17.2 Å². The highest BCUT2D eigenvalue weighted by molar-refractivity contribution is 5.97. The lowest BCUT2D eigenvalue weighted by Gasteiger charge is -2.21. The van der Waals surface area contributed by atoms with Gasteiger partial charge in [0.2, 0.25) is 5.91 Å². The minimum Gasteiger partial charge on any atom is -0.496 e. The molecule has 178 valence electrons. The summed E-state index contributed by atoms with van der Waals surface area (Å²) >= 11 is 0. The van der Waals surface area contributed by atoms with Crippen molar-refractivity contribution >= 4 is 23.5 Å². The van der Waals surface area contributed by atoms with E-state index in [9.17, 15) is 9.59 Å². The Balaban J connectivity index is 1.58. The number of ether oxygens (including phenoxy) is 1. The number of benzene rings is 2. The van der Waals surface area contributed by atoms with Crippen LogP contribution in [0, 0.1) is 0 Å². The van der Waals surface area contributed by atoms with Gasteiger partial charge in [0.25, 0.3) is 5.91 Å². The number of carbonyl (C=O) groups excluding carboxylic acids is 2. The molecule has 0 aliphatic heterocycles. The molecule has 0 aliphatic carbocycles. The highest BCUT2D eigenvalue weighted by atomic mass is 16.5. The smallest absolute Gasteiger partial charge is 0.255 e. The van der Waals surface area contributed by atoms with Gasteiger partial charge in [0.05, 0.1) is 12.7 Å². The number of hydrogen-bond donors (Lipinski definition) is 3. The van der Waals surface area contributed by atoms with Crippen molar-refractivity contribution in [2.45, 2.75) is 46.2 Å². The summed E-state index contributed by atoms with van der Waals surface area (Å²) in [6, 6.07) is 15.3. The van der Waals surface area contributed by atoms with Gasteiger partial charge in [-0.3, -0.25) is 9.59 Å². The molecule has 3 N–H and O–H groups in total. The number of carbonyl (C=O) groups is 2. The van der Waals surface area contributed by atoms with E-state index in [4.69, 9.17) is 4.74 Å². The van der Waals surface area contributed by atoms with E-state index in [1.165, 1.54) is 13.3 Å². The van der Waals surface area contributed by atoms with E-state index in [1.54, 1.807) is 13.2 Å². The lowest BCUT2D eigenvalue weighted by molar-refractivity contribution is -0.114. The molecule has 0 bridgehead atoms. The second-order valence-corrected chi connectivity index (χ2v) is 8.99. The Kier molecular flexibility index (Phi) is 7.83. The minimum atomic E-state index is -0.187. The van der Waals surface area contributed by atoms with Gasteiger partial charge < -0.3 is 20.7 Å². The van der Waals surface area contributed by atoms with Gasteiger partial charge in [0.1, 0.15) is 23.7 Å². The number of methoxy groups -OCH3 is 1. The second kappa shape index (κ2) is 10.8. The van der Waals surface area contributed by atoms with E-state index < -0.39 is 0 Å². The quantitative estimate of drug-likeness (QED) is 0.462. The number of nitrogens with zero attached hydrogens (tertiary/aromatic N) is 2. The number of anilines is 2. The van der Waals surface area contributed by atoms with Crippen LogP contribution in [0.2, 0.25) is 0 Å². The zero-order valence-corrected chi connectivity index (χ0v) is 20.2. The SMILES string of the molecule is COc1ccc(C(C)(C)C)cc1C(=O)NCc1ccc(CNc2cc(NC(C)=O)ncn2)cc1. The van der Waals surface area contributed by atoms with Gasteiger partial charge >= 0.3 is 0 Å². The summed E-state index contributed by atoms with van der Waals surface area (Å²) < 4.78 is 5.39. The summed E-state index contributed by atoms with van der Waals surface area (Å²) in [5.41, 5.74) is 3.57. The van der Waals surface area contributed by atoms with Crippen LogP contribution in [0.4, 0.5) is 11.6 Å². The molecule has 8 nitrogen and oxygen atoms in total. The van der Waals surface area contributed by atoms with Crippen LogP contribution in [0.1, 0.15) is 54.7 Å². The average Bonchev–Trinajstić information content (AvgIpc) is 2.80. The molecule has 0 aliphatic rings. The first kappa shape index (κ1) is 24.7. The minimum absolute atomic E-state index is 0.0670. The Morgan fingerprint density at radius 1 is 0.912 bits per heavy atom. The third-order valence-corrected chi connectivity index (χ3v) is 5.23. The standard InChI is InChI=1S/C26H31N5O3/c1-17(32)31-24-13-23(29-16-30-24)27-14-18-6-8-19(9-7-18)15-28-25(33)21-12-20(26(2,3)4)10-11-22(21)34-5/h6-13,16H,14-15H2,1-5H3,(H,28,33)(H2,27,29,30,31,32). The van der Waals surface area contributed by atoms with Gasteiger partial charge in [0.15, 0.2) is 0 Å². The highest BCUT2D eigenvalue weighted by Crippen LogP contribution is 2.28. The number of hydrogen-bond acceptors (Lipinski definition) is 6. The van der Waals surface area contributed by atoms with Crippen LogP contribution in [0.5, 0.6) is 5.75 Å². The van der Waals surface area contributed by atoms with Crippen LogP contribution in [-0.2, 0) is 23.3 Å². The van der Waals surface area contributed by atoms with Crippen LogP contribution in [0.15, 0.2) is 54.9 Å². The fraction of sp³-hybridized carbons (Fsp3) is 0.308. The maximum Gasteiger partial charge on any atom is 0.255 e. The lowest BCUT2D eigenvalue weighted by atomic mass is 9.86. The van der Waals surface area contributed by atoms with Crippen LogP contribution >= 0.6 is 0 Å². The molecular formula is C26H31N5O3. The van der Waals surface area contributed by atoms with Gasteiger partial charge in [-0.2, -0.15) is 0 Å². The fourth-order valence-electron chi connectivity index (χ4n) is 3.30. The molecule has 2 aromatic carbocycles. The lowest BCUT2D eigenvalue weighted by Crippen LogP contribution is -2.24. The summed E-state index contributed by atoms with van der Waals surface area (Å²) in [6.07, 6.45) is 1.39. The molecule has 0 fully saturated rings. The van der Waals surface area contributed by atoms with Crippen molar-refractivity contribution in [3.05, 3.63) is 77.1 Å². The zero-order chi connectivity index (χ0) is 24.7. The predicted octanol–water partition coefficient (Wildman–Crippen LogP) is 4.28. The van der Waals surface area contributed by atoms with E-state index in [2.05, 4.69) is 46.7 Å². The summed E-state index contributed by atoms with van der Waals surface area (Å²) in [7, 11) is 1.57. The Bertz CT molecular complexity index is 1150. The van der Waals surface area contributed by atoms with Gasteiger partial charge in [-0.1, -0.05) is 51.1 Å². The normalized spacial score (nSPS) is 11.0. The number of aromatic nitrogens is 2. The van der Waals surface area contributed by atoms with Crippen LogP contribution in [0.25, 0.3) is 0 Å². The maximum absolute atomic E-state index is 12.9. The van der Waals surface area contributed by atoms with Crippen LogP contribution in [-0.4, -0.2) is 28.9 Å². The molecule has 0 spiro atoms. The molecule has 0 saturated heterocycles. The summed E-state index contributed by atoms with van der Waals surface area (Å²) in [5.74, 6) is 1.25. The molecule has 8 heteroatoms. The van der Waals surface area contributed by atoms with Crippen LogP contribution < -0.4 is 20.7 Å². The molecule has 34 heavy (non-hydrogen) atoms. The van der Waals surface area contributed by atoms with E-state index in [0.717, 1.165) is 16.7 Å². The number of rotatable bonds is 8. The molecular weight excluding hydrogens is 430 g/mol. The molecule has 0 saturated carbocycles. The van der Waals surface area contributed by atoms with Gasteiger partial charge in [-0.15, -0.1) is 0 Å². The third kappa shape index (κ3) is 6.78. The summed E-state index contributed by atoms with van der Waals surface area (Å²) in [5, 5.41) is 8.82. The zero-order valence-electron chi connectivity index (χ0n) is 20.2. The maximum atomic E-state index is 12.9. The third-order valence-electron chi connectivity index (χ3n) is 5.23. The molecule has 3 rings (SSSR count). The van der Waals surface area contributed by atoms with Crippen molar-refractivity contribution in [2.75, 3.05) is 17.7 Å². The fourth-order valence-corrected chi connectivity index (χ4v) is 3.30. The van der Waals surface area contributed by atoms with Crippen molar-refractivity contribution in [3.8, 4) is 5.75 Å². The van der Waals surface area contributed by atoms with Crippen molar-refractivity contribution in [3.63, 3.8) is 0 Å². The Labute approximate surface area is 200 Å². The first-order chi connectivity index (χ1) is 16.2. The summed E-state index contributed by atoms with van der Waals surface area (Å²) in [6.45, 7) is 8.72. The van der Waals surface area contributed by atoms with Crippen molar-refractivity contribution in [2.24, 2.45) is 0 Å². The molecule has 2 amide bonds. The molecule has 0 unspecified atom stereocenters.